The summed E-state index contributed by atoms with van der Waals surface area (Å²) in [7, 11) is 0. The van der Waals surface area contributed by atoms with Crippen molar-refractivity contribution in [1.82, 2.24) is 0 Å². The summed E-state index contributed by atoms with van der Waals surface area (Å²) < 4.78 is 37.2. The molecule has 2 aromatic carbocycles. The Bertz CT molecular complexity index is 619. The lowest BCUT2D eigenvalue weighted by Gasteiger charge is -2.08. The van der Waals surface area contributed by atoms with Crippen molar-refractivity contribution in [2.75, 3.05) is 0 Å². The van der Waals surface area contributed by atoms with Crippen LogP contribution in [0, 0.1) is 11.8 Å². The average molecular weight is 276 g/mol. The molecule has 2 rings (SSSR count). The predicted molar refractivity (Wildman–Crippen MR) is 69.7 cm³/mol. The minimum absolute atomic E-state index is 0.335. The van der Waals surface area contributed by atoms with E-state index in [-0.39, 0.29) is 0 Å². The lowest BCUT2D eigenvalue weighted by molar-refractivity contribution is -0.137. The number of hydrogen-bond donors (Lipinski definition) is 1. The third-order valence-electron chi connectivity index (χ3n) is 2.68. The van der Waals surface area contributed by atoms with Gasteiger partial charge in [-0.25, -0.2) is 0 Å². The zero-order chi connectivity index (χ0) is 14.6. The van der Waals surface area contributed by atoms with Crippen LogP contribution in [0.25, 0.3) is 0 Å². The molecule has 2 aromatic rings. The minimum Gasteiger partial charge on any atom is -0.376 e. The van der Waals surface area contributed by atoms with Crippen molar-refractivity contribution in [2.24, 2.45) is 0 Å². The van der Waals surface area contributed by atoms with E-state index in [0.717, 1.165) is 17.7 Å². The smallest absolute Gasteiger partial charge is 0.376 e. The molecular weight excluding hydrogens is 265 g/mol. The predicted octanol–water partition coefficient (Wildman–Crippen LogP) is 3.79. The highest BCUT2D eigenvalue weighted by Crippen LogP contribution is 2.29. The molecule has 1 nitrogen and oxygen atoms in total. The van der Waals surface area contributed by atoms with Gasteiger partial charge in [0.15, 0.2) is 0 Å². The molecule has 0 bridgehead atoms. The molecule has 0 saturated carbocycles. The molecule has 0 amide bonds. The van der Waals surface area contributed by atoms with Crippen LogP contribution in [0.4, 0.5) is 13.2 Å². The second-order valence-electron chi connectivity index (χ2n) is 4.16. The van der Waals surface area contributed by atoms with E-state index in [2.05, 4.69) is 11.8 Å². The van der Waals surface area contributed by atoms with Gasteiger partial charge in [-0.15, -0.1) is 0 Å². The van der Waals surface area contributed by atoms with Crippen molar-refractivity contribution in [3.05, 3.63) is 71.3 Å². The number of halogens is 3. The van der Waals surface area contributed by atoms with E-state index in [1.807, 2.05) is 18.2 Å². The van der Waals surface area contributed by atoms with Crippen LogP contribution in [0.3, 0.4) is 0 Å². The van der Waals surface area contributed by atoms with Crippen molar-refractivity contribution >= 4 is 0 Å². The highest BCUT2D eigenvalue weighted by Gasteiger charge is 2.30. The Kier molecular flexibility index (Phi) is 4.11. The van der Waals surface area contributed by atoms with E-state index in [1.165, 1.54) is 12.1 Å². The Morgan fingerprint density at radius 3 is 2.05 bits per heavy atom. The molecule has 0 aliphatic carbocycles. The van der Waals surface area contributed by atoms with Gasteiger partial charge >= 0.3 is 6.18 Å². The largest absolute Gasteiger partial charge is 0.416 e. The Morgan fingerprint density at radius 1 is 0.900 bits per heavy atom. The lowest BCUT2D eigenvalue weighted by atomic mass is 10.1. The summed E-state index contributed by atoms with van der Waals surface area (Å²) in [4.78, 5) is 0. The van der Waals surface area contributed by atoms with Gasteiger partial charge in [-0.3, -0.25) is 0 Å². The zero-order valence-electron chi connectivity index (χ0n) is 10.4. The molecule has 0 fully saturated rings. The van der Waals surface area contributed by atoms with E-state index in [9.17, 15) is 18.3 Å². The van der Waals surface area contributed by atoms with Crippen LogP contribution in [0.2, 0.25) is 0 Å². The average Bonchev–Trinajstić information content (AvgIpc) is 2.45. The first kappa shape index (κ1) is 14.2. The van der Waals surface area contributed by atoms with Crippen LogP contribution < -0.4 is 0 Å². The molecular formula is C16H11F3O. The Labute approximate surface area is 114 Å². The maximum absolute atomic E-state index is 12.4. The number of benzene rings is 2. The van der Waals surface area contributed by atoms with Gasteiger partial charge in [-0.2, -0.15) is 13.2 Å². The van der Waals surface area contributed by atoms with Crippen LogP contribution in [-0.2, 0) is 6.18 Å². The van der Waals surface area contributed by atoms with Gasteiger partial charge in [0.05, 0.1) is 5.56 Å². The fourth-order valence-electron chi connectivity index (χ4n) is 1.61. The summed E-state index contributed by atoms with van der Waals surface area (Å²) in [6, 6.07) is 13.4. The zero-order valence-corrected chi connectivity index (χ0v) is 10.4. The standard InChI is InChI=1S/C16H11F3O/c17-16(18,19)14-9-7-13(8-10-14)15(20)11-6-12-4-2-1-3-5-12/h1-5,7-10,15,20H/t15-/m0/s1. The molecule has 1 atom stereocenters. The molecule has 0 aromatic heterocycles. The summed E-state index contributed by atoms with van der Waals surface area (Å²) in [5.74, 6) is 5.36. The first-order valence-corrected chi connectivity index (χ1v) is 5.88. The number of alkyl halides is 3. The molecule has 0 heterocycles. The van der Waals surface area contributed by atoms with Gasteiger partial charge in [-0.1, -0.05) is 42.2 Å². The van der Waals surface area contributed by atoms with Crippen molar-refractivity contribution in [3.8, 4) is 11.8 Å². The normalized spacial score (nSPS) is 12.4. The fourth-order valence-corrected chi connectivity index (χ4v) is 1.61. The molecule has 102 valence electrons. The van der Waals surface area contributed by atoms with Crippen LogP contribution in [0.15, 0.2) is 54.6 Å². The van der Waals surface area contributed by atoms with E-state index in [1.54, 1.807) is 12.1 Å². The SMILES string of the molecule is O[C@@H](C#Cc1ccccc1)c1ccc(C(F)(F)F)cc1. The third-order valence-corrected chi connectivity index (χ3v) is 2.68. The van der Waals surface area contributed by atoms with Gasteiger partial charge in [0, 0.05) is 5.56 Å². The Morgan fingerprint density at radius 2 is 1.50 bits per heavy atom. The van der Waals surface area contributed by atoms with Crippen LogP contribution >= 0.6 is 0 Å². The summed E-state index contributed by atoms with van der Waals surface area (Å²) in [5.41, 5.74) is 0.323. The Hall–Kier alpha value is -2.25. The maximum atomic E-state index is 12.4. The summed E-state index contributed by atoms with van der Waals surface area (Å²) in [6.45, 7) is 0. The summed E-state index contributed by atoms with van der Waals surface area (Å²) >= 11 is 0. The molecule has 0 radical (unpaired) electrons. The van der Waals surface area contributed by atoms with Crippen molar-refractivity contribution in [3.63, 3.8) is 0 Å². The molecule has 0 saturated heterocycles. The van der Waals surface area contributed by atoms with Crippen LogP contribution in [0.1, 0.15) is 22.8 Å². The number of aliphatic hydroxyl groups excluding tert-OH is 1. The molecule has 0 unspecified atom stereocenters. The quantitative estimate of drug-likeness (QED) is 0.786. The van der Waals surface area contributed by atoms with E-state index >= 15 is 0 Å². The number of hydrogen-bond acceptors (Lipinski definition) is 1. The third kappa shape index (κ3) is 3.62. The lowest BCUT2D eigenvalue weighted by Crippen LogP contribution is -2.05. The number of aliphatic hydroxyl groups is 1. The van der Waals surface area contributed by atoms with Crippen molar-refractivity contribution in [1.29, 1.82) is 0 Å². The van der Waals surface area contributed by atoms with E-state index in [4.69, 9.17) is 0 Å². The highest BCUT2D eigenvalue weighted by atomic mass is 19.4. The fraction of sp³-hybridized carbons (Fsp3) is 0.125. The van der Waals surface area contributed by atoms with Gasteiger partial charge in [0.2, 0.25) is 0 Å². The summed E-state index contributed by atoms with van der Waals surface area (Å²) in [6.07, 6.45) is -5.49. The molecule has 20 heavy (non-hydrogen) atoms. The van der Waals surface area contributed by atoms with Crippen molar-refractivity contribution in [2.45, 2.75) is 12.3 Å². The van der Waals surface area contributed by atoms with Gasteiger partial charge in [-0.05, 0) is 29.8 Å². The second kappa shape index (κ2) is 5.81. The van der Waals surface area contributed by atoms with E-state index in [0.29, 0.717) is 5.56 Å². The van der Waals surface area contributed by atoms with Gasteiger partial charge < -0.3 is 5.11 Å². The topological polar surface area (TPSA) is 20.2 Å². The molecule has 0 aliphatic heterocycles. The highest BCUT2D eigenvalue weighted by molar-refractivity contribution is 5.37. The number of rotatable bonds is 1. The monoisotopic (exact) mass is 276 g/mol. The first-order valence-electron chi connectivity index (χ1n) is 5.88. The Balaban J connectivity index is 2.14. The van der Waals surface area contributed by atoms with Crippen LogP contribution in [-0.4, -0.2) is 5.11 Å². The van der Waals surface area contributed by atoms with Gasteiger partial charge in [0.1, 0.15) is 6.10 Å². The molecule has 1 N–H and O–H groups in total. The van der Waals surface area contributed by atoms with Crippen LogP contribution in [0.5, 0.6) is 0 Å². The second-order valence-corrected chi connectivity index (χ2v) is 4.16. The summed E-state index contributed by atoms with van der Waals surface area (Å²) in [5, 5.41) is 9.82. The van der Waals surface area contributed by atoms with Crippen molar-refractivity contribution < 1.29 is 18.3 Å². The van der Waals surface area contributed by atoms with E-state index < -0.39 is 17.8 Å². The minimum atomic E-state index is -4.38. The molecule has 0 aliphatic rings. The molecule has 4 heteroatoms. The maximum Gasteiger partial charge on any atom is 0.416 e. The molecule has 0 spiro atoms. The van der Waals surface area contributed by atoms with Gasteiger partial charge in [0.25, 0.3) is 0 Å². The first-order chi connectivity index (χ1) is 9.47.